The van der Waals surface area contributed by atoms with E-state index in [9.17, 15) is 4.79 Å². The molecule has 0 bridgehead atoms. The largest absolute Gasteiger partial charge is 0.417 e. The number of benzene rings is 1. The molecule has 68 valence electrons. The zero-order valence-electron chi connectivity index (χ0n) is 6.74. The first-order chi connectivity index (χ1) is 6.29. The molecule has 3 nitrogen and oxygen atoms in total. The molecule has 13 heavy (non-hydrogen) atoms. The predicted octanol–water partition coefficient (Wildman–Crippen LogP) is 2.31. The highest BCUT2D eigenvalue weighted by molar-refractivity contribution is 6.30. The van der Waals surface area contributed by atoms with E-state index >= 15 is 0 Å². The van der Waals surface area contributed by atoms with Gasteiger partial charge in [0.2, 0.25) is 0 Å². The van der Waals surface area contributed by atoms with E-state index in [0.717, 1.165) is 5.02 Å². The predicted molar refractivity (Wildman–Crippen MR) is 50.8 cm³/mol. The Hall–Kier alpha value is -1.48. The van der Waals surface area contributed by atoms with E-state index in [2.05, 4.69) is 9.40 Å². The van der Waals surface area contributed by atoms with Gasteiger partial charge in [0.1, 0.15) is 6.26 Å². The van der Waals surface area contributed by atoms with Gasteiger partial charge in [-0.2, -0.15) is 0 Å². The van der Waals surface area contributed by atoms with Crippen molar-refractivity contribution in [1.29, 1.82) is 0 Å². The van der Waals surface area contributed by atoms with Crippen molar-refractivity contribution in [3.63, 3.8) is 0 Å². The summed E-state index contributed by atoms with van der Waals surface area (Å²) < 4.78 is 4.22. The molecule has 2 rings (SSSR count). The summed E-state index contributed by atoms with van der Waals surface area (Å²) in [6.07, 6.45) is 2.73. The van der Waals surface area contributed by atoms with Crippen molar-refractivity contribution in [2.75, 3.05) is 0 Å². The molecule has 0 aliphatic carbocycles. The SMILES string of the molecule is Clc1ccccc1.O=c1[nH]cco1. The Bertz CT molecular complexity index is 363. The fraction of sp³-hybridized carbons (Fsp3) is 0. The van der Waals surface area contributed by atoms with Crippen LogP contribution in [0.2, 0.25) is 5.02 Å². The van der Waals surface area contributed by atoms with Crippen LogP contribution < -0.4 is 5.76 Å². The smallest absolute Gasteiger partial charge is 0.416 e. The van der Waals surface area contributed by atoms with E-state index in [1.54, 1.807) is 0 Å². The van der Waals surface area contributed by atoms with Crippen LogP contribution in [0.4, 0.5) is 0 Å². The van der Waals surface area contributed by atoms with E-state index < -0.39 is 5.76 Å². The van der Waals surface area contributed by atoms with Crippen LogP contribution in [0.5, 0.6) is 0 Å². The molecule has 0 spiro atoms. The van der Waals surface area contributed by atoms with Crippen LogP contribution in [0.25, 0.3) is 0 Å². The molecule has 0 fully saturated rings. The first-order valence-electron chi connectivity index (χ1n) is 3.62. The zero-order valence-corrected chi connectivity index (χ0v) is 7.49. The van der Waals surface area contributed by atoms with Crippen molar-refractivity contribution in [1.82, 2.24) is 4.98 Å². The minimum absolute atomic E-state index is 0.407. The van der Waals surface area contributed by atoms with Crippen LogP contribution in [-0.4, -0.2) is 4.98 Å². The normalized spacial score (nSPS) is 8.69. The highest BCUT2D eigenvalue weighted by atomic mass is 35.5. The molecule has 0 saturated heterocycles. The minimum atomic E-state index is -0.407. The first kappa shape index (κ1) is 9.61. The second-order valence-electron chi connectivity index (χ2n) is 2.15. The lowest BCUT2D eigenvalue weighted by Crippen LogP contribution is -1.91. The lowest BCUT2D eigenvalue weighted by Gasteiger charge is -1.80. The third-order valence-corrected chi connectivity index (χ3v) is 1.43. The van der Waals surface area contributed by atoms with E-state index in [1.165, 1.54) is 12.5 Å². The van der Waals surface area contributed by atoms with Gasteiger partial charge in [0.25, 0.3) is 0 Å². The van der Waals surface area contributed by atoms with Gasteiger partial charge < -0.3 is 4.42 Å². The number of hydrogen-bond acceptors (Lipinski definition) is 2. The van der Waals surface area contributed by atoms with Gasteiger partial charge >= 0.3 is 5.76 Å². The van der Waals surface area contributed by atoms with E-state index in [1.807, 2.05) is 30.3 Å². The van der Waals surface area contributed by atoms with Crippen LogP contribution >= 0.6 is 11.6 Å². The molecule has 0 atom stereocenters. The van der Waals surface area contributed by atoms with Gasteiger partial charge in [-0.25, -0.2) is 4.79 Å². The molecule has 0 unspecified atom stereocenters. The maximum Gasteiger partial charge on any atom is 0.416 e. The molecule has 1 aromatic heterocycles. The van der Waals surface area contributed by atoms with Crippen LogP contribution in [0, 0.1) is 0 Å². The second-order valence-corrected chi connectivity index (χ2v) is 2.58. The molecular formula is C9H8ClNO2. The number of rotatable bonds is 0. The number of halogens is 1. The molecule has 0 aliphatic rings. The molecule has 0 aliphatic heterocycles. The van der Waals surface area contributed by atoms with Crippen molar-refractivity contribution >= 4 is 11.6 Å². The molecule has 0 amide bonds. The summed E-state index contributed by atoms with van der Waals surface area (Å²) in [7, 11) is 0. The fourth-order valence-corrected chi connectivity index (χ4v) is 0.792. The third kappa shape index (κ3) is 4.18. The summed E-state index contributed by atoms with van der Waals surface area (Å²) in [4.78, 5) is 12.1. The van der Waals surface area contributed by atoms with Gasteiger partial charge in [-0.1, -0.05) is 29.8 Å². The highest BCUT2D eigenvalue weighted by Crippen LogP contribution is 2.03. The van der Waals surface area contributed by atoms with Crippen LogP contribution in [-0.2, 0) is 0 Å². The maximum absolute atomic E-state index is 9.85. The second kappa shape index (κ2) is 5.22. The molecule has 1 heterocycles. The summed E-state index contributed by atoms with van der Waals surface area (Å²) in [5.74, 6) is -0.407. The average molecular weight is 198 g/mol. The average Bonchev–Trinajstić information content (AvgIpc) is 2.58. The molecular weight excluding hydrogens is 190 g/mol. The first-order valence-corrected chi connectivity index (χ1v) is 3.99. The Kier molecular flexibility index (Phi) is 3.85. The fourth-order valence-electron chi connectivity index (χ4n) is 0.647. The van der Waals surface area contributed by atoms with Gasteiger partial charge in [-0.05, 0) is 12.1 Å². The number of hydrogen-bond donors (Lipinski definition) is 1. The third-order valence-electron chi connectivity index (χ3n) is 1.18. The maximum atomic E-state index is 9.85. The minimum Gasteiger partial charge on any atom is -0.417 e. The Labute approximate surface area is 80.0 Å². The Morgan fingerprint density at radius 3 is 2.15 bits per heavy atom. The van der Waals surface area contributed by atoms with Gasteiger partial charge in [-0.3, -0.25) is 4.98 Å². The quantitative estimate of drug-likeness (QED) is 0.705. The van der Waals surface area contributed by atoms with Gasteiger partial charge in [0.15, 0.2) is 0 Å². The van der Waals surface area contributed by atoms with Gasteiger partial charge in [0, 0.05) is 11.2 Å². The lowest BCUT2D eigenvalue weighted by molar-refractivity contribution is 0.515. The van der Waals surface area contributed by atoms with Crippen molar-refractivity contribution in [2.24, 2.45) is 0 Å². The van der Waals surface area contributed by atoms with Crippen LogP contribution in [0.15, 0.2) is 52.0 Å². The standard InChI is InChI=1S/C6H5Cl.C3H3NO2/c7-6-4-2-1-3-5-6;5-3-4-1-2-6-3/h1-5H;1-2H,(H,4,5). The Morgan fingerprint density at radius 1 is 1.23 bits per heavy atom. The lowest BCUT2D eigenvalue weighted by atomic mass is 10.4. The van der Waals surface area contributed by atoms with Crippen LogP contribution in [0.3, 0.4) is 0 Å². The number of H-pyrrole nitrogens is 1. The Balaban J connectivity index is 0.000000132. The van der Waals surface area contributed by atoms with Crippen LogP contribution in [0.1, 0.15) is 0 Å². The van der Waals surface area contributed by atoms with Crippen molar-refractivity contribution in [2.45, 2.75) is 0 Å². The van der Waals surface area contributed by atoms with E-state index in [0.29, 0.717) is 0 Å². The molecule has 0 radical (unpaired) electrons. The number of oxazole rings is 1. The molecule has 1 aromatic carbocycles. The summed E-state index contributed by atoms with van der Waals surface area (Å²) in [6.45, 7) is 0. The van der Waals surface area contributed by atoms with Crippen molar-refractivity contribution < 1.29 is 4.42 Å². The zero-order chi connectivity index (χ0) is 9.52. The van der Waals surface area contributed by atoms with E-state index in [4.69, 9.17) is 11.6 Å². The highest BCUT2D eigenvalue weighted by Gasteiger charge is 1.75. The summed E-state index contributed by atoms with van der Waals surface area (Å²) >= 11 is 5.54. The summed E-state index contributed by atoms with van der Waals surface area (Å²) in [5.41, 5.74) is 0. The molecule has 4 heteroatoms. The molecule has 1 N–H and O–H groups in total. The van der Waals surface area contributed by atoms with Crippen molar-refractivity contribution in [3.05, 3.63) is 58.4 Å². The summed E-state index contributed by atoms with van der Waals surface area (Å²) in [5, 5.41) is 0.794. The summed E-state index contributed by atoms with van der Waals surface area (Å²) in [6, 6.07) is 9.44. The molecule has 2 aromatic rings. The van der Waals surface area contributed by atoms with Gasteiger partial charge in [0.05, 0.1) is 0 Å². The van der Waals surface area contributed by atoms with Gasteiger partial charge in [-0.15, -0.1) is 0 Å². The number of aromatic amines is 1. The van der Waals surface area contributed by atoms with Crippen molar-refractivity contribution in [3.8, 4) is 0 Å². The Morgan fingerprint density at radius 2 is 1.92 bits per heavy atom. The molecule has 0 saturated carbocycles. The topological polar surface area (TPSA) is 46.0 Å². The number of nitrogens with one attached hydrogen (secondary N) is 1. The monoisotopic (exact) mass is 197 g/mol. The van der Waals surface area contributed by atoms with E-state index in [-0.39, 0.29) is 0 Å². The number of aromatic nitrogens is 1.